The zero-order chi connectivity index (χ0) is 16.4. The van der Waals surface area contributed by atoms with Crippen LogP contribution in [-0.2, 0) is 13.0 Å². The number of nitro benzene ring substituents is 1. The van der Waals surface area contributed by atoms with Gasteiger partial charge < -0.3 is 5.32 Å². The van der Waals surface area contributed by atoms with E-state index in [2.05, 4.69) is 22.2 Å². The van der Waals surface area contributed by atoms with Crippen LogP contribution in [0.2, 0.25) is 5.28 Å². The molecule has 23 heavy (non-hydrogen) atoms. The molecule has 1 aromatic carbocycles. The number of nitrogens with zero attached hydrogens (tertiary/aromatic N) is 3. The van der Waals surface area contributed by atoms with Crippen molar-refractivity contribution in [3.8, 4) is 0 Å². The number of aromatic nitrogens is 2. The lowest BCUT2D eigenvalue weighted by atomic mass is 10.2. The Kier molecular flexibility index (Phi) is 4.40. The van der Waals surface area contributed by atoms with Gasteiger partial charge >= 0.3 is 0 Å². The van der Waals surface area contributed by atoms with Crippen LogP contribution in [0.25, 0.3) is 10.2 Å². The number of rotatable bonds is 5. The number of nitro groups is 1. The Hall–Kier alpha value is -2.25. The molecular weight excluding hydrogens is 336 g/mol. The Bertz CT molecular complexity index is 881. The Morgan fingerprint density at radius 1 is 1.35 bits per heavy atom. The van der Waals surface area contributed by atoms with Crippen molar-refractivity contribution < 1.29 is 4.92 Å². The lowest BCUT2D eigenvalue weighted by Crippen LogP contribution is -2.03. The maximum atomic E-state index is 10.8. The zero-order valence-electron chi connectivity index (χ0n) is 12.2. The molecule has 2 heterocycles. The van der Waals surface area contributed by atoms with Crippen molar-refractivity contribution in [2.24, 2.45) is 0 Å². The molecule has 1 N–H and O–H groups in total. The van der Waals surface area contributed by atoms with E-state index in [9.17, 15) is 10.1 Å². The first kappa shape index (κ1) is 15.6. The number of thiophene rings is 1. The first-order chi connectivity index (χ1) is 11.1. The van der Waals surface area contributed by atoms with E-state index in [4.69, 9.17) is 11.6 Å². The summed E-state index contributed by atoms with van der Waals surface area (Å²) in [7, 11) is 0. The SMILES string of the molecule is CCc1cc2c(NCc3cccc([N+](=O)[O-])c3)nc(Cl)nc2s1. The first-order valence-electron chi connectivity index (χ1n) is 7.00. The maximum absolute atomic E-state index is 10.8. The molecule has 0 spiro atoms. The molecule has 0 radical (unpaired) electrons. The lowest BCUT2D eigenvalue weighted by molar-refractivity contribution is -0.384. The van der Waals surface area contributed by atoms with E-state index in [1.807, 2.05) is 12.1 Å². The summed E-state index contributed by atoms with van der Waals surface area (Å²) < 4.78 is 0. The third-order valence-corrected chi connectivity index (χ3v) is 4.69. The highest BCUT2D eigenvalue weighted by atomic mass is 35.5. The standard InChI is InChI=1S/C15H13ClN4O2S/c1-2-11-7-12-13(18-15(16)19-14(12)23-11)17-8-9-4-3-5-10(6-9)20(21)22/h3-7H,2,8H2,1H3,(H,17,18,19). The van der Waals surface area contributed by atoms with Crippen LogP contribution in [0.15, 0.2) is 30.3 Å². The number of non-ortho nitro benzene ring substituents is 1. The van der Waals surface area contributed by atoms with Crippen LogP contribution < -0.4 is 5.32 Å². The first-order valence-corrected chi connectivity index (χ1v) is 8.19. The summed E-state index contributed by atoms with van der Waals surface area (Å²) in [4.78, 5) is 20.9. The Labute approximate surface area is 141 Å². The minimum absolute atomic E-state index is 0.0685. The van der Waals surface area contributed by atoms with Crippen molar-refractivity contribution in [2.45, 2.75) is 19.9 Å². The molecule has 3 aromatic rings. The lowest BCUT2D eigenvalue weighted by Gasteiger charge is -2.07. The molecule has 0 saturated carbocycles. The van der Waals surface area contributed by atoms with Gasteiger partial charge in [-0.05, 0) is 29.7 Å². The second kappa shape index (κ2) is 6.47. The number of aryl methyl sites for hydroxylation is 1. The predicted molar refractivity (Wildman–Crippen MR) is 92.2 cm³/mol. The van der Waals surface area contributed by atoms with E-state index in [1.165, 1.54) is 17.0 Å². The van der Waals surface area contributed by atoms with Gasteiger partial charge in [-0.2, -0.15) is 0 Å². The van der Waals surface area contributed by atoms with E-state index in [-0.39, 0.29) is 11.0 Å². The molecule has 0 aliphatic heterocycles. The molecule has 0 unspecified atom stereocenters. The molecule has 0 aliphatic carbocycles. The largest absolute Gasteiger partial charge is 0.365 e. The minimum Gasteiger partial charge on any atom is -0.365 e. The summed E-state index contributed by atoms with van der Waals surface area (Å²) in [5.74, 6) is 0.641. The molecule has 8 heteroatoms. The number of benzene rings is 1. The highest BCUT2D eigenvalue weighted by Crippen LogP contribution is 2.30. The summed E-state index contributed by atoms with van der Waals surface area (Å²) in [6.45, 7) is 2.50. The van der Waals surface area contributed by atoms with Crippen LogP contribution in [0.4, 0.5) is 11.5 Å². The summed E-state index contributed by atoms with van der Waals surface area (Å²) in [6, 6.07) is 8.54. The van der Waals surface area contributed by atoms with E-state index < -0.39 is 4.92 Å². The molecule has 0 aliphatic rings. The van der Waals surface area contributed by atoms with Gasteiger partial charge in [-0.3, -0.25) is 10.1 Å². The van der Waals surface area contributed by atoms with Crippen LogP contribution in [0.5, 0.6) is 0 Å². The average Bonchev–Trinajstić information content (AvgIpc) is 2.95. The molecular formula is C15H13ClN4O2S. The molecule has 0 bridgehead atoms. The summed E-state index contributed by atoms with van der Waals surface area (Å²) >= 11 is 7.57. The van der Waals surface area contributed by atoms with Crippen molar-refractivity contribution >= 4 is 44.7 Å². The molecule has 0 atom stereocenters. The summed E-state index contributed by atoms with van der Waals surface area (Å²) in [6.07, 6.45) is 0.920. The third-order valence-electron chi connectivity index (χ3n) is 3.35. The Balaban J connectivity index is 1.88. The van der Waals surface area contributed by atoms with Crippen molar-refractivity contribution in [3.05, 3.63) is 56.2 Å². The van der Waals surface area contributed by atoms with Gasteiger partial charge in [-0.15, -0.1) is 11.3 Å². The number of hydrogen-bond acceptors (Lipinski definition) is 6. The van der Waals surface area contributed by atoms with Gasteiger partial charge in [0.2, 0.25) is 5.28 Å². The van der Waals surface area contributed by atoms with Crippen LogP contribution >= 0.6 is 22.9 Å². The van der Waals surface area contributed by atoms with Gasteiger partial charge in [0.1, 0.15) is 10.6 Å². The maximum Gasteiger partial charge on any atom is 0.269 e. The quantitative estimate of drug-likeness (QED) is 0.419. The fourth-order valence-electron chi connectivity index (χ4n) is 2.22. The molecule has 3 rings (SSSR count). The smallest absolute Gasteiger partial charge is 0.269 e. The minimum atomic E-state index is -0.407. The van der Waals surface area contributed by atoms with Crippen LogP contribution in [0.3, 0.4) is 0 Å². The van der Waals surface area contributed by atoms with Gasteiger partial charge in [0, 0.05) is 23.6 Å². The second-order valence-corrected chi connectivity index (χ2v) is 6.36. The van der Waals surface area contributed by atoms with Gasteiger partial charge in [-0.25, -0.2) is 9.97 Å². The van der Waals surface area contributed by atoms with Gasteiger partial charge in [0.25, 0.3) is 5.69 Å². The van der Waals surface area contributed by atoms with Crippen molar-refractivity contribution in [3.63, 3.8) is 0 Å². The topological polar surface area (TPSA) is 81.0 Å². The molecule has 0 saturated heterocycles. The molecule has 0 amide bonds. The number of halogens is 1. The third kappa shape index (κ3) is 3.40. The summed E-state index contributed by atoms with van der Waals surface area (Å²) in [5, 5.41) is 15.1. The van der Waals surface area contributed by atoms with E-state index in [1.54, 1.807) is 17.4 Å². The Morgan fingerprint density at radius 2 is 2.17 bits per heavy atom. The normalized spacial score (nSPS) is 10.9. The number of anilines is 1. The highest BCUT2D eigenvalue weighted by Gasteiger charge is 2.11. The fraction of sp³-hybridized carbons (Fsp3) is 0.200. The van der Waals surface area contributed by atoms with E-state index >= 15 is 0 Å². The number of fused-ring (bicyclic) bond motifs is 1. The predicted octanol–water partition coefficient (Wildman–Crippen LogP) is 4.43. The van der Waals surface area contributed by atoms with Crippen molar-refractivity contribution in [1.29, 1.82) is 0 Å². The van der Waals surface area contributed by atoms with Crippen molar-refractivity contribution in [2.75, 3.05) is 5.32 Å². The van der Waals surface area contributed by atoms with Gasteiger partial charge in [-0.1, -0.05) is 19.1 Å². The molecule has 2 aromatic heterocycles. The zero-order valence-corrected chi connectivity index (χ0v) is 13.8. The molecule has 0 fully saturated rings. The van der Waals surface area contributed by atoms with Crippen LogP contribution in [0.1, 0.15) is 17.4 Å². The monoisotopic (exact) mass is 348 g/mol. The van der Waals surface area contributed by atoms with E-state index in [0.29, 0.717) is 12.4 Å². The number of nitrogens with one attached hydrogen (secondary N) is 1. The van der Waals surface area contributed by atoms with Crippen molar-refractivity contribution in [1.82, 2.24) is 9.97 Å². The van der Waals surface area contributed by atoms with Gasteiger partial charge in [0.05, 0.1) is 10.3 Å². The van der Waals surface area contributed by atoms with Crippen LogP contribution in [0, 0.1) is 10.1 Å². The second-order valence-electron chi connectivity index (χ2n) is 4.91. The highest BCUT2D eigenvalue weighted by molar-refractivity contribution is 7.18. The molecule has 6 nitrogen and oxygen atoms in total. The molecule has 118 valence electrons. The van der Waals surface area contributed by atoms with Gasteiger partial charge in [0.15, 0.2) is 0 Å². The average molecular weight is 349 g/mol. The Morgan fingerprint density at radius 3 is 2.91 bits per heavy atom. The summed E-state index contributed by atoms with van der Waals surface area (Å²) in [5.41, 5.74) is 0.868. The fourth-order valence-corrected chi connectivity index (χ4v) is 3.41. The number of hydrogen-bond donors (Lipinski definition) is 1. The van der Waals surface area contributed by atoms with E-state index in [0.717, 1.165) is 22.2 Å². The van der Waals surface area contributed by atoms with Crippen LogP contribution in [-0.4, -0.2) is 14.9 Å².